The summed E-state index contributed by atoms with van der Waals surface area (Å²) in [5.41, 5.74) is 2.21. The Morgan fingerprint density at radius 3 is 2.39 bits per heavy atom. The largest absolute Gasteiger partial charge is 0.280 e. The van der Waals surface area contributed by atoms with Crippen LogP contribution in [0.2, 0.25) is 0 Å². The van der Waals surface area contributed by atoms with Gasteiger partial charge in [0, 0.05) is 18.6 Å². The second kappa shape index (κ2) is 7.84. The minimum Gasteiger partial charge on any atom is -0.273 e. The van der Waals surface area contributed by atoms with Crippen LogP contribution in [0.15, 0.2) is 41.2 Å². The first kappa shape index (κ1) is 19.6. The lowest BCUT2D eigenvalue weighted by Crippen LogP contribution is -2.37. The van der Waals surface area contributed by atoms with Gasteiger partial charge in [-0.3, -0.25) is 15.0 Å². The van der Waals surface area contributed by atoms with Crippen molar-refractivity contribution in [1.82, 2.24) is 9.66 Å². The van der Waals surface area contributed by atoms with Crippen LogP contribution < -0.4 is 11.0 Å². The van der Waals surface area contributed by atoms with E-state index in [1.165, 1.54) is 6.07 Å². The number of nitrogens with zero attached hydrogens (tertiary/aromatic N) is 2. The molecule has 0 atom stereocenters. The molecule has 0 saturated carbocycles. The molecule has 3 aromatic rings. The molecule has 1 heterocycles. The summed E-state index contributed by atoms with van der Waals surface area (Å²) in [4.78, 5) is 29.5. The van der Waals surface area contributed by atoms with Crippen LogP contribution in [0.25, 0.3) is 10.9 Å². The monoisotopic (exact) mass is 389 g/mol. The Kier molecular flexibility index (Phi) is 5.48. The molecular weight excluding hydrogens is 371 g/mol. The second-order valence-corrected chi connectivity index (χ2v) is 6.92. The molecule has 28 heavy (non-hydrogen) atoms. The molecule has 0 radical (unpaired) electrons. The van der Waals surface area contributed by atoms with Crippen LogP contribution in [-0.2, 0) is 17.6 Å². The summed E-state index contributed by atoms with van der Waals surface area (Å²) in [5.74, 6) is -2.38. The van der Waals surface area contributed by atoms with Gasteiger partial charge in [-0.15, -0.1) is 0 Å². The van der Waals surface area contributed by atoms with E-state index in [0.717, 1.165) is 28.9 Å². The predicted octanol–water partition coefficient (Wildman–Crippen LogP) is 3.33. The third-order valence-electron chi connectivity index (χ3n) is 4.02. The van der Waals surface area contributed by atoms with Crippen molar-refractivity contribution in [2.24, 2.45) is 5.92 Å². The maximum absolute atomic E-state index is 13.5. The summed E-state index contributed by atoms with van der Waals surface area (Å²) in [6, 6.07) is 6.38. The number of hydrogen-bond acceptors (Lipinski definition) is 3. The van der Waals surface area contributed by atoms with E-state index >= 15 is 0 Å². The molecule has 0 aliphatic carbocycles. The topological polar surface area (TPSA) is 64.0 Å². The smallest absolute Gasteiger partial charge is 0.273 e. The Balaban J connectivity index is 1.98. The van der Waals surface area contributed by atoms with Gasteiger partial charge in [0.2, 0.25) is 5.91 Å². The maximum atomic E-state index is 13.5. The molecule has 8 heteroatoms. The predicted molar refractivity (Wildman–Crippen MR) is 98.9 cm³/mol. The lowest BCUT2D eigenvalue weighted by atomic mass is 10.1. The average Bonchev–Trinajstić information content (AvgIpc) is 2.56. The first-order valence-corrected chi connectivity index (χ1v) is 8.69. The van der Waals surface area contributed by atoms with Crippen LogP contribution in [0, 0.1) is 23.4 Å². The van der Waals surface area contributed by atoms with Crippen molar-refractivity contribution in [3.05, 3.63) is 75.6 Å². The van der Waals surface area contributed by atoms with Crippen molar-refractivity contribution in [2.45, 2.75) is 26.7 Å². The van der Waals surface area contributed by atoms with Gasteiger partial charge in [0.1, 0.15) is 23.3 Å². The third-order valence-corrected chi connectivity index (χ3v) is 4.02. The molecule has 0 fully saturated rings. The standard InChI is InChI=1S/C20H18F3N3O2/c1-11(2)5-18-24-17-10-13(21)3-4-16(17)20(28)26(18)25-19(27)8-12-6-14(22)9-15(23)7-12/h3-4,6-7,9-11H,5,8H2,1-2H3,(H,25,27). The highest BCUT2D eigenvalue weighted by Gasteiger charge is 2.16. The van der Waals surface area contributed by atoms with Crippen LogP contribution >= 0.6 is 0 Å². The number of carbonyl (C=O) groups is 1. The van der Waals surface area contributed by atoms with Crippen LogP contribution in [-0.4, -0.2) is 15.6 Å². The molecule has 2 aromatic carbocycles. The Bertz CT molecular complexity index is 1090. The number of aromatic nitrogens is 2. The number of nitrogens with one attached hydrogen (secondary N) is 1. The van der Waals surface area contributed by atoms with Crippen LogP contribution in [0.4, 0.5) is 13.2 Å². The van der Waals surface area contributed by atoms with Gasteiger partial charge in [-0.05, 0) is 35.7 Å². The SMILES string of the molecule is CC(C)Cc1nc2cc(F)ccc2c(=O)n1NC(=O)Cc1cc(F)cc(F)c1. The van der Waals surface area contributed by atoms with E-state index in [1.807, 2.05) is 13.8 Å². The van der Waals surface area contributed by atoms with E-state index in [-0.39, 0.29) is 34.6 Å². The van der Waals surface area contributed by atoms with E-state index < -0.39 is 28.9 Å². The third kappa shape index (κ3) is 4.39. The highest BCUT2D eigenvalue weighted by molar-refractivity contribution is 5.86. The van der Waals surface area contributed by atoms with Crippen molar-refractivity contribution in [2.75, 3.05) is 5.43 Å². The zero-order valence-electron chi connectivity index (χ0n) is 15.3. The quantitative estimate of drug-likeness (QED) is 0.728. The molecule has 0 unspecified atom stereocenters. The second-order valence-electron chi connectivity index (χ2n) is 6.92. The van der Waals surface area contributed by atoms with E-state index in [0.29, 0.717) is 12.5 Å². The number of halogens is 3. The zero-order chi connectivity index (χ0) is 20.4. The fraction of sp³-hybridized carbons (Fsp3) is 0.250. The molecule has 0 spiro atoms. The zero-order valence-corrected chi connectivity index (χ0v) is 15.3. The molecule has 3 rings (SSSR count). The van der Waals surface area contributed by atoms with Crippen molar-refractivity contribution in [1.29, 1.82) is 0 Å². The lowest BCUT2D eigenvalue weighted by molar-refractivity contribution is -0.116. The van der Waals surface area contributed by atoms with Gasteiger partial charge in [-0.2, -0.15) is 0 Å². The van der Waals surface area contributed by atoms with Gasteiger partial charge < -0.3 is 0 Å². The van der Waals surface area contributed by atoms with Gasteiger partial charge in [0.15, 0.2) is 0 Å². The number of amides is 1. The molecule has 146 valence electrons. The van der Waals surface area contributed by atoms with E-state index in [9.17, 15) is 22.8 Å². The van der Waals surface area contributed by atoms with Crippen LogP contribution in [0.3, 0.4) is 0 Å². The fourth-order valence-electron chi connectivity index (χ4n) is 2.88. The van der Waals surface area contributed by atoms with Gasteiger partial charge in [0.25, 0.3) is 5.56 Å². The van der Waals surface area contributed by atoms with Crippen molar-refractivity contribution >= 4 is 16.8 Å². The number of benzene rings is 2. The summed E-state index contributed by atoms with van der Waals surface area (Å²) in [5, 5.41) is 0.144. The molecule has 0 bridgehead atoms. The molecule has 0 aliphatic rings. The number of carbonyl (C=O) groups excluding carboxylic acids is 1. The average molecular weight is 389 g/mol. The molecular formula is C20H18F3N3O2. The summed E-state index contributed by atoms with van der Waals surface area (Å²) in [6.07, 6.45) is 0.0280. The van der Waals surface area contributed by atoms with Crippen LogP contribution in [0.5, 0.6) is 0 Å². The Hall–Kier alpha value is -3.16. The minimum atomic E-state index is -0.796. The lowest BCUT2D eigenvalue weighted by Gasteiger charge is -2.16. The van der Waals surface area contributed by atoms with Crippen molar-refractivity contribution < 1.29 is 18.0 Å². The van der Waals surface area contributed by atoms with Crippen molar-refractivity contribution in [3.8, 4) is 0 Å². The number of rotatable bonds is 5. The number of hydrogen-bond donors (Lipinski definition) is 1. The number of fused-ring (bicyclic) bond motifs is 1. The highest BCUT2D eigenvalue weighted by atomic mass is 19.1. The van der Waals surface area contributed by atoms with Crippen molar-refractivity contribution in [3.63, 3.8) is 0 Å². The Labute approximate surface area is 158 Å². The van der Waals surface area contributed by atoms with Gasteiger partial charge in [-0.25, -0.2) is 22.8 Å². The summed E-state index contributed by atoms with van der Waals surface area (Å²) < 4.78 is 41.1. The van der Waals surface area contributed by atoms with E-state index in [2.05, 4.69) is 10.4 Å². The molecule has 1 N–H and O–H groups in total. The molecule has 5 nitrogen and oxygen atoms in total. The molecule has 0 aliphatic heterocycles. The minimum absolute atomic E-state index is 0.110. The van der Waals surface area contributed by atoms with Gasteiger partial charge >= 0.3 is 0 Å². The first-order chi connectivity index (χ1) is 13.2. The summed E-state index contributed by atoms with van der Waals surface area (Å²) in [6.45, 7) is 3.81. The molecule has 1 amide bonds. The Morgan fingerprint density at radius 2 is 1.75 bits per heavy atom. The van der Waals surface area contributed by atoms with Crippen LogP contribution in [0.1, 0.15) is 25.2 Å². The maximum Gasteiger partial charge on any atom is 0.280 e. The Morgan fingerprint density at radius 1 is 1.07 bits per heavy atom. The van der Waals surface area contributed by atoms with E-state index in [4.69, 9.17) is 0 Å². The summed E-state index contributed by atoms with van der Waals surface area (Å²) >= 11 is 0. The highest BCUT2D eigenvalue weighted by Crippen LogP contribution is 2.13. The first-order valence-electron chi connectivity index (χ1n) is 8.69. The molecule has 0 saturated heterocycles. The van der Waals surface area contributed by atoms with E-state index in [1.54, 1.807) is 0 Å². The normalized spacial score (nSPS) is 11.2. The van der Waals surface area contributed by atoms with Gasteiger partial charge in [0.05, 0.1) is 17.3 Å². The summed E-state index contributed by atoms with van der Waals surface area (Å²) in [7, 11) is 0. The van der Waals surface area contributed by atoms with Gasteiger partial charge in [-0.1, -0.05) is 13.8 Å². The fourth-order valence-corrected chi connectivity index (χ4v) is 2.88. The molecule has 1 aromatic heterocycles.